The summed E-state index contributed by atoms with van der Waals surface area (Å²) in [5.74, 6) is 0.423. The fourth-order valence-electron chi connectivity index (χ4n) is 1.36. The number of carbonyl (C=O) groups excluding carboxylic acids is 1. The van der Waals surface area contributed by atoms with Crippen molar-refractivity contribution in [2.24, 2.45) is 0 Å². The molecule has 0 aliphatic rings. The third-order valence-corrected chi connectivity index (χ3v) is 2.37. The molecule has 19 heavy (non-hydrogen) atoms. The normalized spacial score (nSPS) is 11.2. The first-order valence-electron chi connectivity index (χ1n) is 5.44. The summed E-state index contributed by atoms with van der Waals surface area (Å²) >= 11 is 0. The molecule has 1 aromatic rings. The number of amides is 2. The highest BCUT2D eigenvalue weighted by Crippen LogP contribution is 2.15. The van der Waals surface area contributed by atoms with Gasteiger partial charge in [-0.15, -0.1) is 12.3 Å². The molecule has 0 spiro atoms. The number of halogens is 1. The SMILES string of the molecule is C#CCC(NC(=O)Nc1cc(F)ccc1C)C(=O)O. The van der Waals surface area contributed by atoms with E-state index in [1.165, 1.54) is 12.1 Å². The Morgan fingerprint density at radius 3 is 2.79 bits per heavy atom. The zero-order chi connectivity index (χ0) is 14.4. The van der Waals surface area contributed by atoms with Gasteiger partial charge in [-0.3, -0.25) is 0 Å². The zero-order valence-corrected chi connectivity index (χ0v) is 10.2. The maximum absolute atomic E-state index is 13.0. The number of anilines is 1. The van der Waals surface area contributed by atoms with Gasteiger partial charge in [0.2, 0.25) is 0 Å². The molecule has 0 bridgehead atoms. The molecule has 0 saturated carbocycles. The smallest absolute Gasteiger partial charge is 0.327 e. The minimum atomic E-state index is -1.23. The Morgan fingerprint density at radius 2 is 2.21 bits per heavy atom. The molecule has 0 aromatic heterocycles. The molecule has 1 atom stereocenters. The fourth-order valence-corrected chi connectivity index (χ4v) is 1.36. The second-order valence-corrected chi connectivity index (χ2v) is 3.86. The Bertz CT molecular complexity index is 537. The molecule has 1 rings (SSSR count). The number of carbonyl (C=O) groups is 2. The monoisotopic (exact) mass is 264 g/mol. The highest BCUT2D eigenvalue weighted by Gasteiger charge is 2.18. The van der Waals surface area contributed by atoms with Crippen LogP contribution in [0.3, 0.4) is 0 Å². The number of urea groups is 1. The highest BCUT2D eigenvalue weighted by molar-refractivity contribution is 5.92. The van der Waals surface area contributed by atoms with Crippen LogP contribution >= 0.6 is 0 Å². The number of hydrogen-bond donors (Lipinski definition) is 3. The summed E-state index contributed by atoms with van der Waals surface area (Å²) in [5, 5.41) is 13.4. The van der Waals surface area contributed by atoms with Gasteiger partial charge in [-0.2, -0.15) is 0 Å². The predicted octanol–water partition coefficient (Wildman–Crippen LogP) is 1.73. The molecule has 3 N–H and O–H groups in total. The molecule has 0 radical (unpaired) electrons. The minimum absolute atomic E-state index is 0.134. The molecule has 0 aliphatic carbocycles. The quantitative estimate of drug-likeness (QED) is 0.725. The van der Waals surface area contributed by atoms with Crippen molar-refractivity contribution in [3.63, 3.8) is 0 Å². The summed E-state index contributed by atoms with van der Waals surface area (Å²) in [4.78, 5) is 22.4. The topological polar surface area (TPSA) is 78.4 Å². The van der Waals surface area contributed by atoms with Crippen molar-refractivity contribution in [2.45, 2.75) is 19.4 Å². The summed E-state index contributed by atoms with van der Waals surface area (Å²) in [6.45, 7) is 1.69. The molecule has 0 fully saturated rings. The molecule has 5 nitrogen and oxygen atoms in total. The molecular weight excluding hydrogens is 251 g/mol. The van der Waals surface area contributed by atoms with Gasteiger partial charge in [0.05, 0.1) is 0 Å². The van der Waals surface area contributed by atoms with Gasteiger partial charge >= 0.3 is 12.0 Å². The van der Waals surface area contributed by atoms with Crippen LogP contribution in [0.1, 0.15) is 12.0 Å². The van der Waals surface area contributed by atoms with E-state index in [1.807, 2.05) is 0 Å². The summed E-state index contributed by atoms with van der Waals surface area (Å²) in [7, 11) is 0. The second-order valence-electron chi connectivity index (χ2n) is 3.86. The summed E-state index contributed by atoms with van der Waals surface area (Å²) in [6.07, 6.45) is 4.87. The van der Waals surface area contributed by atoms with Crippen molar-refractivity contribution in [1.82, 2.24) is 5.32 Å². The average molecular weight is 264 g/mol. The van der Waals surface area contributed by atoms with Crippen LogP contribution in [0.2, 0.25) is 0 Å². The van der Waals surface area contributed by atoms with Crippen molar-refractivity contribution in [2.75, 3.05) is 5.32 Å². The van der Waals surface area contributed by atoms with Crippen LogP contribution < -0.4 is 10.6 Å². The molecule has 2 amide bonds. The Hall–Kier alpha value is -2.55. The summed E-state index contributed by atoms with van der Waals surface area (Å²) < 4.78 is 13.0. The number of hydrogen-bond acceptors (Lipinski definition) is 2. The molecule has 6 heteroatoms. The van der Waals surface area contributed by atoms with Crippen LogP contribution in [-0.4, -0.2) is 23.1 Å². The zero-order valence-electron chi connectivity index (χ0n) is 10.2. The lowest BCUT2D eigenvalue weighted by atomic mass is 10.2. The van der Waals surface area contributed by atoms with E-state index < -0.39 is 23.9 Å². The van der Waals surface area contributed by atoms with E-state index in [0.29, 0.717) is 5.56 Å². The largest absolute Gasteiger partial charge is 0.480 e. The first kappa shape index (κ1) is 14.5. The van der Waals surface area contributed by atoms with E-state index in [2.05, 4.69) is 16.6 Å². The third-order valence-electron chi connectivity index (χ3n) is 2.37. The number of carboxylic acids is 1. The number of rotatable bonds is 4. The fraction of sp³-hybridized carbons (Fsp3) is 0.231. The number of benzene rings is 1. The minimum Gasteiger partial charge on any atom is -0.480 e. The Labute approximate surface area is 109 Å². The van der Waals surface area contributed by atoms with Crippen molar-refractivity contribution in [1.29, 1.82) is 0 Å². The standard InChI is InChI=1S/C13H13FN2O3/c1-3-4-10(12(17)18)15-13(19)16-11-7-9(14)6-5-8(11)2/h1,5-7,10H,4H2,2H3,(H,17,18)(H2,15,16,19). The van der Waals surface area contributed by atoms with E-state index in [0.717, 1.165) is 6.07 Å². The van der Waals surface area contributed by atoms with Gasteiger partial charge in [0.1, 0.15) is 11.9 Å². The van der Waals surface area contributed by atoms with Crippen LogP contribution in [0.15, 0.2) is 18.2 Å². The lowest BCUT2D eigenvalue weighted by Gasteiger charge is -2.14. The highest BCUT2D eigenvalue weighted by atomic mass is 19.1. The summed E-state index contributed by atoms with van der Waals surface area (Å²) in [5.41, 5.74) is 0.919. The second kappa shape index (κ2) is 6.40. The molecule has 1 unspecified atom stereocenters. The maximum atomic E-state index is 13.0. The average Bonchev–Trinajstić information content (AvgIpc) is 2.33. The van der Waals surface area contributed by atoms with Gasteiger partial charge in [0.25, 0.3) is 0 Å². The number of aryl methyl sites for hydroxylation is 1. The molecule has 100 valence electrons. The van der Waals surface area contributed by atoms with Crippen LogP contribution in [0.5, 0.6) is 0 Å². The van der Waals surface area contributed by atoms with Gasteiger partial charge in [0, 0.05) is 12.1 Å². The van der Waals surface area contributed by atoms with Crippen LogP contribution in [0.4, 0.5) is 14.9 Å². The number of aliphatic carboxylic acids is 1. The van der Waals surface area contributed by atoms with Gasteiger partial charge in [-0.1, -0.05) is 6.07 Å². The first-order valence-corrected chi connectivity index (χ1v) is 5.44. The van der Waals surface area contributed by atoms with Crippen molar-refractivity contribution in [3.05, 3.63) is 29.6 Å². The van der Waals surface area contributed by atoms with E-state index in [1.54, 1.807) is 6.92 Å². The van der Waals surface area contributed by atoms with E-state index in [9.17, 15) is 14.0 Å². The first-order chi connectivity index (χ1) is 8.93. The number of nitrogens with one attached hydrogen (secondary N) is 2. The maximum Gasteiger partial charge on any atom is 0.327 e. The van der Waals surface area contributed by atoms with Crippen LogP contribution in [0.25, 0.3) is 0 Å². The molecule has 0 saturated heterocycles. The number of carboxylic acid groups (broad SMARTS) is 1. The third kappa shape index (κ3) is 4.32. The van der Waals surface area contributed by atoms with Crippen molar-refractivity contribution in [3.8, 4) is 12.3 Å². The van der Waals surface area contributed by atoms with Crippen molar-refractivity contribution >= 4 is 17.7 Å². The van der Waals surface area contributed by atoms with E-state index >= 15 is 0 Å². The molecule has 0 heterocycles. The molecular formula is C13H13FN2O3. The predicted molar refractivity (Wildman–Crippen MR) is 68.2 cm³/mol. The lowest BCUT2D eigenvalue weighted by Crippen LogP contribution is -2.42. The molecule has 1 aromatic carbocycles. The van der Waals surface area contributed by atoms with E-state index in [4.69, 9.17) is 11.5 Å². The van der Waals surface area contributed by atoms with Gasteiger partial charge in [0.15, 0.2) is 0 Å². The Kier molecular flexibility index (Phi) is 4.89. The Morgan fingerprint density at radius 1 is 1.53 bits per heavy atom. The van der Waals surface area contributed by atoms with Crippen LogP contribution in [-0.2, 0) is 4.79 Å². The van der Waals surface area contributed by atoms with Crippen LogP contribution in [0, 0.1) is 25.1 Å². The van der Waals surface area contributed by atoms with Gasteiger partial charge in [-0.25, -0.2) is 14.0 Å². The summed E-state index contributed by atoms with van der Waals surface area (Å²) in [6, 6.07) is 1.97. The molecule has 0 aliphatic heterocycles. The van der Waals surface area contributed by atoms with Gasteiger partial charge < -0.3 is 15.7 Å². The lowest BCUT2D eigenvalue weighted by molar-refractivity contribution is -0.139. The Balaban J connectivity index is 2.72. The van der Waals surface area contributed by atoms with Gasteiger partial charge in [-0.05, 0) is 24.6 Å². The van der Waals surface area contributed by atoms with Crippen molar-refractivity contribution < 1.29 is 19.1 Å². The van der Waals surface area contributed by atoms with E-state index in [-0.39, 0.29) is 12.1 Å². The number of terminal acetylenes is 1.